The molecular weight excluding hydrogens is 238 g/mol. The molecule has 98 valence electrons. The van der Waals surface area contributed by atoms with E-state index in [2.05, 4.69) is 5.16 Å². The number of oxime groups is 1. The number of rotatable bonds is 4. The van der Waals surface area contributed by atoms with Crippen molar-refractivity contribution < 1.29 is 9.57 Å². The van der Waals surface area contributed by atoms with E-state index in [1.54, 1.807) is 0 Å². The molecule has 0 fully saturated rings. The number of benzene rings is 2. The Kier molecular flexibility index (Phi) is 4.56. The molecule has 3 nitrogen and oxygen atoms in total. The predicted molar refractivity (Wildman–Crippen MR) is 76.0 cm³/mol. The molecule has 3 heteroatoms. The highest BCUT2D eigenvalue weighted by molar-refractivity contribution is 5.93. The molecule has 0 radical (unpaired) electrons. The maximum Gasteiger partial charge on any atom is 0.257 e. The fourth-order valence-corrected chi connectivity index (χ4v) is 1.67. The van der Waals surface area contributed by atoms with Crippen molar-refractivity contribution in [3.8, 4) is 0 Å². The molecule has 0 unspecified atom stereocenters. The Labute approximate surface area is 113 Å². The second kappa shape index (κ2) is 6.59. The number of hydrogen-bond donors (Lipinski definition) is 0. The summed E-state index contributed by atoms with van der Waals surface area (Å²) < 4.78 is 5.72. The van der Waals surface area contributed by atoms with Gasteiger partial charge in [-0.25, -0.2) is 0 Å². The van der Waals surface area contributed by atoms with Crippen LogP contribution < -0.4 is 0 Å². The summed E-state index contributed by atoms with van der Waals surface area (Å²) >= 11 is 0. The second-order valence-corrected chi connectivity index (χ2v) is 4.22. The summed E-state index contributed by atoms with van der Waals surface area (Å²) in [6.07, 6.45) is 0. The fourth-order valence-electron chi connectivity index (χ4n) is 1.67. The van der Waals surface area contributed by atoms with E-state index in [9.17, 15) is 0 Å². The quantitative estimate of drug-likeness (QED) is 0.475. The van der Waals surface area contributed by atoms with Crippen LogP contribution in [-0.2, 0) is 16.2 Å². The Morgan fingerprint density at radius 2 is 1.68 bits per heavy atom. The second-order valence-electron chi connectivity index (χ2n) is 4.22. The van der Waals surface area contributed by atoms with Crippen LogP contribution in [0.25, 0.3) is 0 Å². The van der Waals surface area contributed by atoms with Crippen LogP contribution in [0.2, 0.25) is 0 Å². The Bertz CT molecular complexity index is 532. The van der Waals surface area contributed by atoms with E-state index < -0.39 is 0 Å². The molecule has 0 aliphatic rings. The third kappa shape index (κ3) is 3.85. The highest BCUT2D eigenvalue weighted by Crippen LogP contribution is 2.09. The molecule has 2 rings (SSSR count). The van der Waals surface area contributed by atoms with Gasteiger partial charge in [-0.15, -0.1) is 0 Å². The zero-order valence-electron chi connectivity index (χ0n) is 11.2. The van der Waals surface area contributed by atoms with Crippen LogP contribution in [0, 0.1) is 6.92 Å². The first-order valence-corrected chi connectivity index (χ1v) is 6.14. The molecule has 0 saturated carbocycles. The van der Waals surface area contributed by atoms with Gasteiger partial charge in [-0.1, -0.05) is 48.0 Å². The first-order valence-electron chi connectivity index (χ1n) is 6.14. The van der Waals surface area contributed by atoms with E-state index in [1.807, 2.05) is 61.5 Å². The Morgan fingerprint density at radius 3 is 2.32 bits per heavy atom. The number of ether oxygens (including phenoxy) is 1. The summed E-state index contributed by atoms with van der Waals surface area (Å²) in [6.45, 7) is 2.51. The number of nitrogens with zero attached hydrogens (tertiary/aromatic N) is 1. The molecule has 0 aromatic heterocycles. The molecule has 0 bridgehead atoms. The number of hydrogen-bond acceptors (Lipinski definition) is 3. The minimum atomic E-state index is 0.469. The monoisotopic (exact) mass is 255 g/mol. The minimum Gasteiger partial charge on any atom is -0.470 e. The third-order valence-corrected chi connectivity index (χ3v) is 2.69. The molecule has 0 spiro atoms. The Hall–Kier alpha value is -2.29. The van der Waals surface area contributed by atoms with Gasteiger partial charge in [0.2, 0.25) is 0 Å². The van der Waals surface area contributed by atoms with Crippen molar-refractivity contribution in [3.63, 3.8) is 0 Å². The summed E-state index contributed by atoms with van der Waals surface area (Å²) in [5.41, 5.74) is 3.20. The van der Waals surface area contributed by atoms with Crippen LogP contribution in [0.1, 0.15) is 16.7 Å². The van der Waals surface area contributed by atoms with Crippen molar-refractivity contribution in [1.29, 1.82) is 0 Å². The molecule has 0 aliphatic heterocycles. The molecule has 0 atom stereocenters. The highest BCUT2D eigenvalue weighted by atomic mass is 16.6. The summed E-state index contributed by atoms with van der Waals surface area (Å²) in [6, 6.07) is 18.0. The van der Waals surface area contributed by atoms with Crippen LogP contribution in [0.4, 0.5) is 0 Å². The lowest BCUT2D eigenvalue weighted by atomic mass is 10.1. The molecule has 2 aromatic carbocycles. The minimum absolute atomic E-state index is 0.469. The first kappa shape index (κ1) is 13.1. The molecular formula is C16H17NO2. The van der Waals surface area contributed by atoms with Gasteiger partial charge in [0.1, 0.15) is 13.7 Å². The van der Waals surface area contributed by atoms with Crippen molar-refractivity contribution in [2.24, 2.45) is 5.16 Å². The van der Waals surface area contributed by atoms with Gasteiger partial charge in [0, 0.05) is 5.56 Å². The lowest BCUT2D eigenvalue weighted by Crippen LogP contribution is -2.07. The molecule has 0 N–H and O–H groups in total. The summed E-state index contributed by atoms with van der Waals surface area (Å²) in [7, 11) is 1.51. The van der Waals surface area contributed by atoms with E-state index >= 15 is 0 Å². The van der Waals surface area contributed by atoms with E-state index in [0.29, 0.717) is 12.5 Å². The Morgan fingerprint density at radius 1 is 1.00 bits per heavy atom. The van der Waals surface area contributed by atoms with Gasteiger partial charge in [0.25, 0.3) is 5.90 Å². The zero-order valence-corrected chi connectivity index (χ0v) is 11.2. The Balaban J connectivity index is 2.09. The zero-order chi connectivity index (χ0) is 13.5. The molecule has 2 aromatic rings. The summed E-state index contributed by atoms with van der Waals surface area (Å²) in [5.74, 6) is 0.492. The lowest BCUT2D eigenvalue weighted by molar-refractivity contribution is 0.188. The van der Waals surface area contributed by atoms with Crippen molar-refractivity contribution in [1.82, 2.24) is 0 Å². The molecule has 0 aliphatic carbocycles. The van der Waals surface area contributed by atoms with Crippen LogP contribution in [0.15, 0.2) is 59.8 Å². The largest absolute Gasteiger partial charge is 0.470 e. The average Bonchev–Trinajstić information content (AvgIpc) is 2.46. The lowest BCUT2D eigenvalue weighted by Gasteiger charge is -2.09. The van der Waals surface area contributed by atoms with Gasteiger partial charge >= 0.3 is 0 Å². The van der Waals surface area contributed by atoms with Crippen molar-refractivity contribution in [3.05, 3.63) is 71.3 Å². The SMILES string of the molecule is CO/N=C(\OCc1ccccc1)c1ccc(C)cc1. The van der Waals surface area contributed by atoms with E-state index in [-0.39, 0.29) is 0 Å². The van der Waals surface area contributed by atoms with Crippen molar-refractivity contribution in [2.45, 2.75) is 13.5 Å². The van der Waals surface area contributed by atoms with Crippen molar-refractivity contribution in [2.75, 3.05) is 7.11 Å². The van der Waals surface area contributed by atoms with Crippen molar-refractivity contribution >= 4 is 5.90 Å². The van der Waals surface area contributed by atoms with E-state index in [4.69, 9.17) is 9.57 Å². The van der Waals surface area contributed by atoms with Gasteiger partial charge in [0.15, 0.2) is 0 Å². The van der Waals surface area contributed by atoms with Gasteiger partial charge in [0.05, 0.1) is 0 Å². The van der Waals surface area contributed by atoms with Crippen LogP contribution >= 0.6 is 0 Å². The first-order chi connectivity index (χ1) is 9.29. The molecule has 19 heavy (non-hydrogen) atoms. The van der Waals surface area contributed by atoms with Gasteiger partial charge in [-0.2, -0.15) is 0 Å². The average molecular weight is 255 g/mol. The number of aryl methyl sites for hydroxylation is 1. The van der Waals surface area contributed by atoms with Gasteiger partial charge < -0.3 is 9.57 Å². The standard InChI is InChI=1S/C16H17NO2/c1-13-8-10-15(11-9-13)16(17-18-2)19-12-14-6-4-3-5-7-14/h3-11H,12H2,1-2H3/b17-16-. The van der Waals surface area contributed by atoms with Crippen LogP contribution in [0.5, 0.6) is 0 Å². The molecule has 0 heterocycles. The molecule has 0 amide bonds. The van der Waals surface area contributed by atoms with Crippen LogP contribution in [0.3, 0.4) is 0 Å². The maximum atomic E-state index is 5.72. The summed E-state index contributed by atoms with van der Waals surface area (Å²) in [5, 5.41) is 3.93. The predicted octanol–water partition coefficient (Wildman–Crippen LogP) is 3.52. The highest BCUT2D eigenvalue weighted by Gasteiger charge is 2.06. The van der Waals surface area contributed by atoms with E-state index in [0.717, 1.165) is 11.1 Å². The van der Waals surface area contributed by atoms with E-state index in [1.165, 1.54) is 12.7 Å². The third-order valence-electron chi connectivity index (χ3n) is 2.69. The van der Waals surface area contributed by atoms with Gasteiger partial charge in [-0.05, 0) is 29.8 Å². The smallest absolute Gasteiger partial charge is 0.257 e. The molecule has 0 saturated heterocycles. The topological polar surface area (TPSA) is 30.8 Å². The van der Waals surface area contributed by atoms with Crippen LogP contribution in [-0.4, -0.2) is 13.0 Å². The van der Waals surface area contributed by atoms with Gasteiger partial charge in [-0.3, -0.25) is 0 Å². The maximum absolute atomic E-state index is 5.72. The fraction of sp³-hybridized carbons (Fsp3) is 0.188. The summed E-state index contributed by atoms with van der Waals surface area (Å²) in [4.78, 5) is 4.84. The normalized spacial score (nSPS) is 11.2.